The Labute approximate surface area is 164 Å². The summed E-state index contributed by atoms with van der Waals surface area (Å²) in [6, 6.07) is 13.3. The molecule has 7 heteroatoms. The summed E-state index contributed by atoms with van der Waals surface area (Å²) in [7, 11) is 1.84. The van der Waals surface area contributed by atoms with E-state index in [4.69, 9.17) is 10.5 Å². The van der Waals surface area contributed by atoms with E-state index in [1.54, 1.807) is 0 Å². The van der Waals surface area contributed by atoms with Gasteiger partial charge in [-0.2, -0.15) is 0 Å². The molecule has 2 aromatic carbocycles. The molecule has 0 aromatic heterocycles. The van der Waals surface area contributed by atoms with Crippen LogP contribution in [0.1, 0.15) is 18.9 Å². The summed E-state index contributed by atoms with van der Waals surface area (Å²) in [5, 5.41) is 0. The number of halogens is 1. The number of carbonyl (C=O) groups excluding carboxylic acids is 2. The predicted octanol–water partition coefficient (Wildman–Crippen LogP) is 2.56. The Kier molecular flexibility index (Phi) is 7.95. The predicted molar refractivity (Wildman–Crippen MR) is 107 cm³/mol. The zero-order valence-corrected chi connectivity index (χ0v) is 16.2. The zero-order valence-electron chi connectivity index (χ0n) is 16.2. The first-order valence-electron chi connectivity index (χ1n) is 9.13. The Morgan fingerprint density at radius 3 is 2.29 bits per heavy atom. The standard InChI is InChI=1S/C21H26FN3O3/c1-3-28-19-10-4-16(5-11-19)14-24(2)15-21(27)25(13-12-20(23)26)18-8-6-17(22)7-9-18/h4-11H,3,12-15H2,1-2H3,(H2,23,26). The highest BCUT2D eigenvalue weighted by Gasteiger charge is 2.18. The maximum absolute atomic E-state index is 13.2. The molecule has 0 bridgehead atoms. The van der Waals surface area contributed by atoms with Gasteiger partial charge >= 0.3 is 0 Å². The van der Waals surface area contributed by atoms with E-state index < -0.39 is 11.7 Å². The number of amides is 2. The highest BCUT2D eigenvalue weighted by Crippen LogP contribution is 2.17. The van der Waals surface area contributed by atoms with Crippen LogP contribution >= 0.6 is 0 Å². The summed E-state index contributed by atoms with van der Waals surface area (Å²) in [5.74, 6) is -0.276. The number of primary amides is 1. The Bertz CT molecular complexity index is 778. The smallest absolute Gasteiger partial charge is 0.241 e. The largest absolute Gasteiger partial charge is 0.494 e. The lowest BCUT2D eigenvalue weighted by atomic mass is 10.2. The maximum Gasteiger partial charge on any atom is 0.241 e. The Morgan fingerprint density at radius 1 is 1.07 bits per heavy atom. The molecule has 0 saturated carbocycles. The van der Waals surface area contributed by atoms with Crippen molar-refractivity contribution in [3.05, 3.63) is 59.9 Å². The molecular weight excluding hydrogens is 361 g/mol. The second-order valence-corrected chi connectivity index (χ2v) is 6.49. The summed E-state index contributed by atoms with van der Waals surface area (Å²) in [6.45, 7) is 3.40. The number of likely N-dealkylation sites (N-methyl/N-ethyl adjacent to an activating group) is 1. The molecule has 0 aliphatic heterocycles. The van der Waals surface area contributed by atoms with Gasteiger partial charge in [-0.05, 0) is 55.9 Å². The number of rotatable bonds is 10. The third kappa shape index (κ3) is 6.66. The van der Waals surface area contributed by atoms with Crippen molar-refractivity contribution in [2.24, 2.45) is 5.73 Å². The first-order valence-corrected chi connectivity index (χ1v) is 9.13. The van der Waals surface area contributed by atoms with Crippen molar-refractivity contribution in [3.8, 4) is 5.75 Å². The molecule has 0 saturated heterocycles. The molecule has 6 nitrogen and oxygen atoms in total. The van der Waals surface area contributed by atoms with Crippen LogP contribution in [0.2, 0.25) is 0 Å². The quantitative estimate of drug-likeness (QED) is 0.680. The number of hydrogen-bond acceptors (Lipinski definition) is 4. The molecule has 0 aliphatic carbocycles. The molecule has 0 atom stereocenters. The average Bonchev–Trinajstić information content (AvgIpc) is 2.65. The van der Waals surface area contributed by atoms with E-state index in [9.17, 15) is 14.0 Å². The lowest BCUT2D eigenvalue weighted by Gasteiger charge is -2.25. The molecule has 150 valence electrons. The third-order valence-corrected chi connectivity index (χ3v) is 4.11. The number of nitrogens with two attached hydrogens (primary N) is 1. The molecule has 0 fully saturated rings. The van der Waals surface area contributed by atoms with Crippen LogP contribution in [0.4, 0.5) is 10.1 Å². The second kappa shape index (κ2) is 10.4. The Hall–Kier alpha value is -2.93. The van der Waals surface area contributed by atoms with Gasteiger partial charge in [-0.3, -0.25) is 14.5 Å². The van der Waals surface area contributed by atoms with Gasteiger partial charge in [-0.1, -0.05) is 12.1 Å². The molecule has 0 spiro atoms. The molecule has 2 aromatic rings. The number of benzene rings is 2. The van der Waals surface area contributed by atoms with Crippen molar-refractivity contribution >= 4 is 17.5 Å². The summed E-state index contributed by atoms with van der Waals surface area (Å²) in [4.78, 5) is 27.3. The molecule has 2 N–H and O–H groups in total. The molecule has 0 unspecified atom stereocenters. The van der Waals surface area contributed by atoms with E-state index in [2.05, 4.69) is 0 Å². The normalized spacial score (nSPS) is 10.7. The van der Waals surface area contributed by atoms with Crippen LogP contribution in [-0.2, 0) is 16.1 Å². The van der Waals surface area contributed by atoms with Crippen LogP contribution in [0.25, 0.3) is 0 Å². The number of carbonyl (C=O) groups is 2. The van der Waals surface area contributed by atoms with Crippen LogP contribution in [0.5, 0.6) is 5.75 Å². The van der Waals surface area contributed by atoms with Crippen LogP contribution < -0.4 is 15.4 Å². The van der Waals surface area contributed by atoms with Gasteiger partial charge in [0.05, 0.1) is 13.2 Å². The summed E-state index contributed by atoms with van der Waals surface area (Å²) in [5.41, 5.74) is 6.80. The van der Waals surface area contributed by atoms with Crippen molar-refractivity contribution in [1.29, 1.82) is 0 Å². The third-order valence-electron chi connectivity index (χ3n) is 4.11. The molecule has 2 rings (SSSR count). The number of ether oxygens (including phenoxy) is 1. The van der Waals surface area contributed by atoms with E-state index in [-0.39, 0.29) is 25.4 Å². The number of anilines is 1. The highest BCUT2D eigenvalue weighted by molar-refractivity contribution is 5.95. The lowest BCUT2D eigenvalue weighted by molar-refractivity contribution is -0.120. The highest BCUT2D eigenvalue weighted by atomic mass is 19.1. The fourth-order valence-electron chi connectivity index (χ4n) is 2.78. The molecule has 28 heavy (non-hydrogen) atoms. The van der Waals surface area contributed by atoms with Crippen molar-refractivity contribution in [2.75, 3.05) is 31.6 Å². The zero-order chi connectivity index (χ0) is 20.5. The van der Waals surface area contributed by atoms with E-state index in [0.29, 0.717) is 18.8 Å². The van der Waals surface area contributed by atoms with Crippen molar-refractivity contribution in [1.82, 2.24) is 4.90 Å². The topological polar surface area (TPSA) is 75.9 Å². The van der Waals surface area contributed by atoms with Gasteiger partial charge in [0, 0.05) is 25.2 Å². The minimum Gasteiger partial charge on any atom is -0.494 e. The van der Waals surface area contributed by atoms with E-state index in [1.807, 2.05) is 43.1 Å². The monoisotopic (exact) mass is 387 g/mol. The molecule has 0 aliphatic rings. The van der Waals surface area contributed by atoms with Gasteiger partial charge < -0.3 is 15.4 Å². The average molecular weight is 387 g/mol. The summed E-state index contributed by atoms with van der Waals surface area (Å²) >= 11 is 0. The Morgan fingerprint density at radius 2 is 1.71 bits per heavy atom. The van der Waals surface area contributed by atoms with Crippen LogP contribution in [-0.4, -0.2) is 43.5 Å². The molecule has 0 heterocycles. The van der Waals surface area contributed by atoms with E-state index >= 15 is 0 Å². The maximum atomic E-state index is 13.2. The van der Waals surface area contributed by atoms with Gasteiger partial charge in [0.1, 0.15) is 11.6 Å². The van der Waals surface area contributed by atoms with Crippen LogP contribution in [0, 0.1) is 5.82 Å². The minimum atomic E-state index is -0.498. The molecule has 2 amide bonds. The van der Waals surface area contributed by atoms with Gasteiger partial charge in [0.25, 0.3) is 0 Å². The number of hydrogen-bond donors (Lipinski definition) is 1. The van der Waals surface area contributed by atoms with Gasteiger partial charge in [-0.25, -0.2) is 4.39 Å². The summed E-state index contributed by atoms with van der Waals surface area (Å²) in [6.07, 6.45) is 0.0335. The van der Waals surface area contributed by atoms with E-state index in [1.165, 1.54) is 29.2 Å². The van der Waals surface area contributed by atoms with Gasteiger partial charge in [0.15, 0.2) is 0 Å². The SMILES string of the molecule is CCOc1ccc(CN(C)CC(=O)N(CCC(N)=O)c2ccc(F)cc2)cc1. The Balaban J connectivity index is 2.02. The van der Waals surface area contributed by atoms with Crippen LogP contribution in [0.3, 0.4) is 0 Å². The minimum absolute atomic E-state index is 0.0335. The van der Waals surface area contributed by atoms with Crippen molar-refractivity contribution < 1.29 is 18.7 Å². The van der Waals surface area contributed by atoms with Gasteiger partial charge in [0.2, 0.25) is 11.8 Å². The lowest BCUT2D eigenvalue weighted by Crippen LogP contribution is -2.40. The van der Waals surface area contributed by atoms with E-state index in [0.717, 1.165) is 11.3 Å². The molecular formula is C21H26FN3O3. The summed E-state index contributed by atoms with van der Waals surface area (Å²) < 4.78 is 18.6. The number of nitrogens with zero attached hydrogens (tertiary/aromatic N) is 2. The first-order chi connectivity index (χ1) is 13.4. The molecule has 0 radical (unpaired) electrons. The van der Waals surface area contributed by atoms with Gasteiger partial charge in [-0.15, -0.1) is 0 Å². The fourth-order valence-corrected chi connectivity index (χ4v) is 2.78. The van der Waals surface area contributed by atoms with Crippen LogP contribution in [0.15, 0.2) is 48.5 Å². The second-order valence-electron chi connectivity index (χ2n) is 6.49. The fraction of sp³-hybridized carbons (Fsp3) is 0.333. The first kappa shape index (κ1) is 21.4. The van der Waals surface area contributed by atoms with Crippen molar-refractivity contribution in [3.63, 3.8) is 0 Å². The van der Waals surface area contributed by atoms with Crippen molar-refractivity contribution in [2.45, 2.75) is 19.9 Å².